The molecule has 4 aromatic rings. The van der Waals surface area contributed by atoms with Crippen molar-refractivity contribution in [2.75, 3.05) is 11.9 Å². The average molecular weight is 548 g/mol. The molecule has 0 aliphatic carbocycles. The van der Waals surface area contributed by atoms with Gasteiger partial charge in [-0.15, -0.1) is 11.3 Å². The fourth-order valence-electron chi connectivity index (χ4n) is 4.08. The summed E-state index contributed by atoms with van der Waals surface area (Å²) in [5.74, 6) is 0. The van der Waals surface area contributed by atoms with Gasteiger partial charge in [0.05, 0.1) is 10.6 Å². The first kappa shape index (κ1) is 27.3. The molecule has 0 bridgehead atoms. The predicted octanol–water partition coefficient (Wildman–Crippen LogP) is 2.75. The lowest BCUT2D eigenvalue weighted by Crippen LogP contribution is -2.35. The molecule has 196 valence electrons. The van der Waals surface area contributed by atoms with Gasteiger partial charge in [-0.3, -0.25) is 9.36 Å². The van der Waals surface area contributed by atoms with Crippen molar-refractivity contribution in [3.05, 3.63) is 115 Å². The number of aryl methyl sites for hydroxylation is 2. The van der Waals surface area contributed by atoms with Crippen molar-refractivity contribution in [1.82, 2.24) is 4.57 Å². The molecule has 2 aromatic carbocycles. The van der Waals surface area contributed by atoms with Crippen LogP contribution in [0.5, 0.6) is 0 Å². The van der Waals surface area contributed by atoms with Crippen LogP contribution in [0.1, 0.15) is 23.7 Å². The molecule has 0 amide bonds. The minimum Gasteiger partial charge on any atom is -0.744 e. The van der Waals surface area contributed by atoms with Crippen LogP contribution in [0.15, 0.2) is 88.7 Å². The van der Waals surface area contributed by atoms with Gasteiger partial charge in [0, 0.05) is 37.5 Å². The number of aromatic nitrogens is 2. The molecular weight excluding hydrogens is 518 g/mol. The Hall–Kier alpha value is -3.79. The third kappa shape index (κ3) is 5.85. The second-order valence-electron chi connectivity index (χ2n) is 8.80. The Labute approximate surface area is 226 Å². The fourth-order valence-corrected chi connectivity index (χ4v) is 5.77. The molecule has 2 aromatic heterocycles. The lowest BCUT2D eigenvalue weighted by molar-refractivity contribution is -0.673. The lowest BCUT2D eigenvalue weighted by atomic mass is 10.1. The molecule has 3 heterocycles. The normalized spacial score (nSPS) is 14.7. The maximum absolute atomic E-state index is 13.1. The smallest absolute Gasteiger partial charge is 0.271 e. The molecule has 7 nitrogen and oxygen atoms in total. The highest BCUT2D eigenvalue weighted by atomic mass is 32.2. The number of hydrogen-bond donors (Lipinski definition) is 0. The Morgan fingerprint density at radius 3 is 2.34 bits per heavy atom. The highest BCUT2D eigenvalue weighted by molar-refractivity contribution is 7.85. The van der Waals surface area contributed by atoms with Crippen LogP contribution < -0.4 is 24.2 Å². The van der Waals surface area contributed by atoms with Gasteiger partial charge in [0.15, 0.2) is 6.20 Å². The lowest BCUT2D eigenvalue weighted by Gasteiger charge is -2.25. The quantitative estimate of drug-likeness (QED) is 0.291. The van der Waals surface area contributed by atoms with Crippen LogP contribution in [-0.2, 0) is 23.7 Å². The van der Waals surface area contributed by atoms with Crippen molar-refractivity contribution in [2.24, 2.45) is 7.05 Å². The summed E-state index contributed by atoms with van der Waals surface area (Å²) in [6.07, 6.45) is 8.22. The van der Waals surface area contributed by atoms with Gasteiger partial charge >= 0.3 is 0 Å². The Morgan fingerprint density at radius 1 is 1.00 bits per heavy atom. The average Bonchev–Trinajstić information content (AvgIpc) is 3.20. The zero-order valence-electron chi connectivity index (χ0n) is 21.7. The van der Waals surface area contributed by atoms with E-state index in [0.29, 0.717) is 6.54 Å². The molecular formula is C29H29N3O4S2. The van der Waals surface area contributed by atoms with Crippen molar-refractivity contribution >= 4 is 45.0 Å². The summed E-state index contributed by atoms with van der Waals surface area (Å²) in [5.41, 5.74) is 5.29. The Kier molecular flexibility index (Phi) is 8.11. The van der Waals surface area contributed by atoms with Crippen LogP contribution >= 0.6 is 11.3 Å². The number of para-hydroxylation sites is 1. The zero-order chi connectivity index (χ0) is 27.4. The molecule has 0 fully saturated rings. The highest BCUT2D eigenvalue weighted by Gasteiger charge is 2.17. The second kappa shape index (κ2) is 11.3. The van der Waals surface area contributed by atoms with Gasteiger partial charge in [-0.2, -0.15) is 0 Å². The third-order valence-corrected chi connectivity index (χ3v) is 8.20. The molecule has 1 aliphatic rings. The molecule has 0 saturated heterocycles. The predicted molar refractivity (Wildman–Crippen MR) is 151 cm³/mol. The van der Waals surface area contributed by atoms with Crippen LogP contribution in [0, 0.1) is 6.92 Å². The van der Waals surface area contributed by atoms with Gasteiger partial charge in [-0.25, -0.2) is 13.0 Å². The van der Waals surface area contributed by atoms with Crippen LogP contribution in [0.25, 0.3) is 17.8 Å². The summed E-state index contributed by atoms with van der Waals surface area (Å²) < 4.78 is 36.8. The molecule has 0 unspecified atom stereocenters. The molecule has 0 atom stereocenters. The number of benzene rings is 2. The summed E-state index contributed by atoms with van der Waals surface area (Å²) in [7, 11) is -0.236. The molecule has 0 saturated carbocycles. The summed E-state index contributed by atoms with van der Waals surface area (Å²) in [6.45, 7) is 4.48. The Morgan fingerprint density at radius 2 is 1.68 bits per heavy atom. The summed E-state index contributed by atoms with van der Waals surface area (Å²) in [4.78, 5) is 15.0. The van der Waals surface area contributed by atoms with Crippen LogP contribution in [0.3, 0.4) is 0 Å². The maximum atomic E-state index is 13.1. The molecule has 5 rings (SSSR count). The first-order chi connectivity index (χ1) is 18.1. The first-order valence-corrected chi connectivity index (χ1v) is 14.3. The van der Waals surface area contributed by atoms with E-state index in [0.717, 1.165) is 31.8 Å². The van der Waals surface area contributed by atoms with Gasteiger partial charge in [0.25, 0.3) is 5.56 Å². The SMILES string of the molecule is CCn1c(=O)/c(=C2\C=Cc3ccccc3N2C)s/c1=C\c1cccc[n+]1C.Cc1ccc(S(=O)(=O)[O-])cc1. The summed E-state index contributed by atoms with van der Waals surface area (Å²) >= 11 is 1.55. The second-order valence-corrected chi connectivity index (χ2v) is 11.2. The van der Waals surface area contributed by atoms with Crippen molar-refractivity contribution in [3.8, 4) is 0 Å². The van der Waals surface area contributed by atoms with Crippen LogP contribution in [-0.4, -0.2) is 24.6 Å². The van der Waals surface area contributed by atoms with E-state index in [1.54, 1.807) is 23.5 Å². The Balaban J connectivity index is 0.000000257. The van der Waals surface area contributed by atoms with Gasteiger partial charge in [-0.1, -0.05) is 42.0 Å². The van der Waals surface area contributed by atoms with E-state index >= 15 is 0 Å². The number of anilines is 1. The molecule has 0 N–H and O–H groups in total. The van der Waals surface area contributed by atoms with E-state index in [-0.39, 0.29) is 10.5 Å². The number of thiazole rings is 1. The van der Waals surface area contributed by atoms with E-state index in [2.05, 4.69) is 39.8 Å². The molecule has 0 radical (unpaired) electrons. The van der Waals surface area contributed by atoms with E-state index in [1.165, 1.54) is 17.7 Å². The summed E-state index contributed by atoms with van der Waals surface area (Å²) in [5, 5.41) is 0. The van der Waals surface area contributed by atoms with E-state index in [9.17, 15) is 17.8 Å². The number of rotatable bonds is 3. The zero-order valence-corrected chi connectivity index (χ0v) is 23.3. The molecule has 9 heteroatoms. The van der Waals surface area contributed by atoms with Crippen molar-refractivity contribution in [2.45, 2.75) is 25.3 Å². The maximum Gasteiger partial charge on any atom is 0.271 e. The van der Waals surface area contributed by atoms with Gasteiger partial charge in [0.1, 0.15) is 26.4 Å². The minimum absolute atomic E-state index is 0.0678. The van der Waals surface area contributed by atoms with Crippen LogP contribution in [0.4, 0.5) is 5.69 Å². The van der Waals surface area contributed by atoms with Crippen molar-refractivity contribution < 1.29 is 17.5 Å². The molecule has 38 heavy (non-hydrogen) atoms. The van der Waals surface area contributed by atoms with E-state index in [4.69, 9.17) is 0 Å². The highest BCUT2D eigenvalue weighted by Crippen LogP contribution is 2.29. The molecule has 0 spiro atoms. The topological polar surface area (TPSA) is 86.3 Å². The van der Waals surface area contributed by atoms with E-state index in [1.807, 2.05) is 69.0 Å². The van der Waals surface area contributed by atoms with Crippen molar-refractivity contribution in [1.29, 1.82) is 0 Å². The molecule has 1 aliphatic heterocycles. The number of pyridine rings is 1. The number of nitrogens with zero attached hydrogens (tertiary/aromatic N) is 3. The third-order valence-electron chi connectivity index (χ3n) is 6.22. The largest absolute Gasteiger partial charge is 0.744 e. The van der Waals surface area contributed by atoms with Crippen LogP contribution in [0.2, 0.25) is 0 Å². The van der Waals surface area contributed by atoms with Gasteiger partial charge in [0.2, 0.25) is 5.69 Å². The number of fused-ring (bicyclic) bond motifs is 1. The van der Waals surface area contributed by atoms with Crippen molar-refractivity contribution in [3.63, 3.8) is 0 Å². The number of hydrogen-bond acceptors (Lipinski definition) is 6. The summed E-state index contributed by atoms with van der Waals surface area (Å²) in [6, 6.07) is 20.1. The minimum atomic E-state index is -4.27. The number of likely N-dealkylation sites (N-methyl/N-ethyl adjacent to an activating group) is 1. The Bertz CT molecular complexity index is 1780. The van der Waals surface area contributed by atoms with Gasteiger partial charge < -0.3 is 9.45 Å². The fraction of sp³-hybridized carbons (Fsp3) is 0.172. The first-order valence-electron chi connectivity index (χ1n) is 12.0. The standard InChI is InChI=1S/C22H22N3OS.C7H8O3S/c1-4-25-20(15-17-10-7-8-14-23(17)2)27-21(22(25)26)19-13-12-16-9-5-6-11-18(16)24(19)3;1-6-2-4-7(5-3-6)11(8,9)10/h5-15H,4H2,1-3H3;2-5H,1H3,(H,8,9,10)/q+1;/p-1/b21-19-;. The van der Waals surface area contributed by atoms with E-state index < -0.39 is 10.1 Å². The monoisotopic (exact) mass is 547 g/mol. The van der Waals surface area contributed by atoms with Gasteiger partial charge in [-0.05, 0) is 49.8 Å².